The van der Waals surface area contributed by atoms with Gasteiger partial charge >= 0.3 is 5.97 Å². The average molecular weight is 246 g/mol. The van der Waals surface area contributed by atoms with Crippen molar-refractivity contribution in [1.29, 1.82) is 0 Å². The molecule has 0 spiro atoms. The van der Waals surface area contributed by atoms with Crippen LogP contribution in [0.2, 0.25) is 0 Å². The van der Waals surface area contributed by atoms with Gasteiger partial charge in [0.05, 0.1) is 12.4 Å². The van der Waals surface area contributed by atoms with Crippen LogP contribution in [0.5, 0.6) is 0 Å². The van der Waals surface area contributed by atoms with Crippen LogP contribution in [0.3, 0.4) is 0 Å². The van der Waals surface area contributed by atoms with Crippen molar-refractivity contribution in [2.24, 2.45) is 5.73 Å². The van der Waals surface area contributed by atoms with Gasteiger partial charge in [0.2, 0.25) is 5.91 Å². The van der Waals surface area contributed by atoms with Crippen molar-refractivity contribution < 1.29 is 14.3 Å². The number of hydrogen-bond donors (Lipinski definition) is 2. The van der Waals surface area contributed by atoms with Gasteiger partial charge in [-0.15, -0.1) is 11.8 Å². The van der Waals surface area contributed by atoms with Gasteiger partial charge < -0.3 is 15.8 Å². The molecule has 1 amide bonds. The van der Waals surface area contributed by atoms with E-state index in [1.807, 2.05) is 0 Å². The third-order valence-electron chi connectivity index (χ3n) is 2.47. The van der Waals surface area contributed by atoms with Gasteiger partial charge in [-0.2, -0.15) is 0 Å². The molecule has 1 fully saturated rings. The van der Waals surface area contributed by atoms with Crippen LogP contribution in [-0.2, 0) is 14.3 Å². The highest BCUT2D eigenvalue weighted by molar-refractivity contribution is 8.00. The SMILES string of the molecule is COC(=O)C(N)CSC1CCCCNC1=O. The Bertz CT molecular complexity index is 260. The summed E-state index contributed by atoms with van der Waals surface area (Å²) in [7, 11) is 1.31. The molecule has 0 radical (unpaired) electrons. The van der Waals surface area contributed by atoms with Crippen LogP contribution in [0.1, 0.15) is 19.3 Å². The number of nitrogens with two attached hydrogens (primary N) is 1. The molecule has 6 heteroatoms. The molecule has 1 saturated heterocycles. The van der Waals surface area contributed by atoms with Crippen molar-refractivity contribution in [1.82, 2.24) is 5.32 Å². The van der Waals surface area contributed by atoms with Crippen molar-refractivity contribution in [2.45, 2.75) is 30.6 Å². The first-order valence-corrected chi connectivity index (χ1v) is 6.42. The molecule has 3 N–H and O–H groups in total. The van der Waals surface area contributed by atoms with E-state index in [-0.39, 0.29) is 11.2 Å². The Hall–Kier alpha value is -0.750. The van der Waals surface area contributed by atoms with Crippen molar-refractivity contribution in [3.63, 3.8) is 0 Å². The fourth-order valence-corrected chi connectivity index (χ4v) is 2.65. The summed E-state index contributed by atoms with van der Waals surface area (Å²) < 4.78 is 4.53. The molecule has 0 saturated carbocycles. The van der Waals surface area contributed by atoms with Crippen LogP contribution in [0.4, 0.5) is 0 Å². The minimum absolute atomic E-state index is 0.0552. The number of methoxy groups -OCH3 is 1. The van der Waals surface area contributed by atoms with E-state index >= 15 is 0 Å². The number of thioether (sulfide) groups is 1. The van der Waals surface area contributed by atoms with Crippen LogP contribution in [-0.4, -0.2) is 42.6 Å². The van der Waals surface area contributed by atoms with E-state index in [1.54, 1.807) is 0 Å². The Labute approximate surface area is 99.5 Å². The number of ether oxygens (including phenoxy) is 1. The van der Waals surface area contributed by atoms with Gasteiger partial charge in [0.15, 0.2) is 0 Å². The Kier molecular flexibility index (Phi) is 5.62. The minimum atomic E-state index is -0.647. The second-order valence-corrected chi connectivity index (χ2v) is 4.97. The fourth-order valence-electron chi connectivity index (χ4n) is 1.51. The van der Waals surface area contributed by atoms with E-state index in [0.29, 0.717) is 5.75 Å². The quantitative estimate of drug-likeness (QED) is 0.676. The zero-order valence-electron chi connectivity index (χ0n) is 9.40. The molecule has 1 aliphatic rings. The first-order chi connectivity index (χ1) is 7.65. The summed E-state index contributed by atoms with van der Waals surface area (Å²) in [6.45, 7) is 0.749. The number of carbonyl (C=O) groups excluding carboxylic acids is 2. The predicted molar refractivity (Wildman–Crippen MR) is 63.1 cm³/mol. The van der Waals surface area contributed by atoms with Gasteiger partial charge in [0, 0.05) is 12.3 Å². The van der Waals surface area contributed by atoms with Gasteiger partial charge in [-0.1, -0.05) is 6.42 Å². The highest BCUT2D eigenvalue weighted by atomic mass is 32.2. The summed E-state index contributed by atoms with van der Waals surface area (Å²) in [5.41, 5.74) is 5.60. The smallest absolute Gasteiger partial charge is 0.323 e. The van der Waals surface area contributed by atoms with Crippen molar-refractivity contribution in [3.05, 3.63) is 0 Å². The lowest BCUT2D eigenvalue weighted by atomic mass is 10.2. The molecule has 0 aliphatic carbocycles. The molecule has 92 valence electrons. The minimum Gasteiger partial charge on any atom is -0.468 e. The number of esters is 1. The Morgan fingerprint density at radius 3 is 3.12 bits per heavy atom. The Morgan fingerprint density at radius 2 is 2.44 bits per heavy atom. The van der Waals surface area contributed by atoms with Crippen molar-refractivity contribution in [3.8, 4) is 0 Å². The van der Waals surface area contributed by atoms with Crippen molar-refractivity contribution in [2.75, 3.05) is 19.4 Å². The second-order valence-electron chi connectivity index (χ2n) is 3.74. The molecule has 0 aromatic heterocycles. The van der Waals surface area contributed by atoms with Gasteiger partial charge in [0.25, 0.3) is 0 Å². The molecule has 5 nitrogen and oxygen atoms in total. The third-order valence-corrected chi connectivity index (χ3v) is 3.87. The number of rotatable bonds is 4. The molecule has 1 aliphatic heterocycles. The summed E-state index contributed by atoms with van der Waals surface area (Å²) >= 11 is 1.43. The summed E-state index contributed by atoms with van der Waals surface area (Å²) in [6.07, 6.45) is 2.90. The predicted octanol–water partition coefficient (Wildman–Crippen LogP) is -0.111. The molecule has 2 atom stereocenters. The molecule has 0 aromatic rings. The van der Waals surface area contributed by atoms with Crippen LogP contribution in [0.25, 0.3) is 0 Å². The zero-order chi connectivity index (χ0) is 12.0. The highest BCUT2D eigenvalue weighted by Crippen LogP contribution is 2.20. The van der Waals surface area contributed by atoms with E-state index in [4.69, 9.17) is 5.73 Å². The van der Waals surface area contributed by atoms with E-state index in [2.05, 4.69) is 10.1 Å². The Morgan fingerprint density at radius 1 is 1.69 bits per heavy atom. The van der Waals surface area contributed by atoms with Crippen LogP contribution < -0.4 is 11.1 Å². The maximum atomic E-state index is 11.6. The largest absolute Gasteiger partial charge is 0.468 e. The van der Waals surface area contributed by atoms with Gasteiger partial charge in [0.1, 0.15) is 6.04 Å². The number of hydrogen-bond acceptors (Lipinski definition) is 5. The summed E-state index contributed by atoms with van der Waals surface area (Å²) in [6, 6.07) is -0.647. The van der Waals surface area contributed by atoms with Gasteiger partial charge in [-0.3, -0.25) is 9.59 Å². The van der Waals surface area contributed by atoms with E-state index in [1.165, 1.54) is 18.9 Å². The van der Waals surface area contributed by atoms with Crippen molar-refractivity contribution >= 4 is 23.6 Å². The maximum Gasteiger partial charge on any atom is 0.323 e. The highest BCUT2D eigenvalue weighted by Gasteiger charge is 2.23. The van der Waals surface area contributed by atoms with Crippen LogP contribution in [0.15, 0.2) is 0 Å². The molecule has 1 heterocycles. The third kappa shape index (κ3) is 4.02. The lowest BCUT2D eigenvalue weighted by Crippen LogP contribution is -2.36. The van der Waals surface area contributed by atoms with Crippen LogP contribution in [0, 0.1) is 0 Å². The standard InChI is InChI=1S/C10H18N2O3S/c1-15-10(14)7(11)6-16-8-4-2-3-5-12-9(8)13/h7-8H,2-6,11H2,1H3,(H,12,13). The number of amides is 1. The van der Waals surface area contributed by atoms with E-state index < -0.39 is 12.0 Å². The first-order valence-electron chi connectivity index (χ1n) is 5.38. The molecular weight excluding hydrogens is 228 g/mol. The van der Waals surface area contributed by atoms with E-state index in [9.17, 15) is 9.59 Å². The second kappa shape index (κ2) is 6.75. The normalized spacial score (nSPS) is 23.1. The molecule has 2 unspecified atom stereocenters. The summed E-state index contributed by atoms with van der Waals surface area (Å²) in [5, 5.41) is 2.76. The number of nitrogens with one attached hydrogen (secondary N) is 1. The zero-order valence-corrected chi connectivity index (χ0v) is 10.2. The molecule has 0 bridgehead atoms. The summed E-state index contributed by atoms with van der Waals surface area (Å²) in [5.74, 6) is 0.0474. The maximum absolute atomic E-state index is 11.6. The first kappa shape index (κ1) is 13.3. The fraction of sp³-hybridized carbons (Fsp3) is 0.800. The molecular formula is C10H18N2O3S. The average Bonchev–Trinajstić information content (AvgIpc) is 2.50. The molecule has 16 heavy (non-hydrogen) atoms. The lowest BCUT2D eigenvalue weighted by Gasteiger charge is -2.14. The lowest BCUT2D eigenvalue weighted by molar-refractivity contribution is -0.141. The van der Waals surface area contributed by atoms with Gasteiger partial charge in [-0.05, 0) is 12.8 Å². The number of carbonyl (C=O) groups is 2. The Balaban J connectivity index is 2.35. The van der Waals surface area contributed by atoms with Gasteiger partial charge in [-0.25, -0.2) is 0 Å². The van der Waals surface area contributed by atoms with Crippen LogP contribution >= 0.6 is 11.8 Å². The molecule has 1 rings (SSSR count). The molecule has 0 aromatic carbocycles. The topological polar surface area (TPSA) is 81.4 Å². The summed E-state index contributed by atoms with van der Waals surface area (Å²) in [4.78, 5) is 22.7. The monoisotopic (exact) mass is 246 g/mol. The van der Waals surface area contributed by atoms with E-state index in [0.717, 1.165) is 25.8 Å².